The second-order valence-electron chi connectivity index (χ2n) is 32.1. The summed E-state index contributed by atoms with van der Waals surface area (Å²) in [5.74, 6) is -11.1. The van der Waals surface area contributed by atoms with Gasteiger partial charge in [-0.25, -0.2) is 9.78 Å². The van der Waals surface area contributed by atoms with Crippen molar-refractivity contribution in [2.24, 2.45) is 20.6 Å². The molecule has 14 N–H and O–H groups in total. The van der Waals surface area contributed by atoms with E-state index >= 15 is 19.2 Å². The van der Waals surface area contributed by atoms with Gasteiger partial charge in [-0.3, -0.25) is 82.0 Å². The van der Waals surface area contributed by atoms with Crippen molar-refractivity contribution < 1.29 is 125 Å². The Kier molecular flexibility index (Phi) is 55.0. The smallest absolute Gasteiger partial charge is 0.408 e. The van der Waals surface area contributed by atoms with Gasteiger partial charge in [0.1, 0.15) is 60.0 Å². The minimum atomic E-state index is -1.61. The van der Waals surface area contributed by atoms with Crippen LogP contribution < -0.4 is 74.4 Å². The zero-order valence-electron chi connectivity index (χ0n) is 79.0. The highest BCUT2D eigenvalue weighted by atomic mass is 33.1. The topological polar surface area (TPSA) is 637 Å². The molecule has 0 saturated carbocycles. The van der Waals surface area contributed by atoms with Crippen molar-refractivity contribution in [3.05, 3.63) is 28.4 Å². The number of carbonyl (C=O) groups is 16. The monoisotopic (exact) mass is 1950 g/mol. The van der Waals surface area contributed by atoms with Crippen LogP contribution in [0.2, 0.25) is 0 Å². The van der Waals surface area contributed by atoms with Crippen LogP contribution in [0, 0.1) is 10.1 Å². The van der Waals surface area contributed by atoms with Gasteiger partial charge in [-0.1, -0.05) is 31.4 Å². The molecule has 135 heavy (non-hydrogen) atoms. The molecular formula is C84H136N22O27S2. The number of pyridine rings is 1. The molecule has 0 unspecified atom stereocenters. The molecule has 3 saturated heterocycles. The van der Waals surface area contributed by atoms with E-state index in [0.29, 0.717) is 26.4 Å². The molecule has 1 aromatic rings. The summed E-state index contributed by atoms with van der Waals surface area (Å²) in [6, 6.07) is -10.1. The van der Waals surface area contributed by atoms with Gasteiger partial charge < -0.3 is 127 Å². The lowest BCUT2D eigenvalue weighted by Gasteiger charge is -2.30. The van der Waals surface area contributed by atoms with Crippen LogP contribution in [0.1, 0.15) is 205 Å². The first-order valence-corrected chi connectivity index (χ1v) is 47.7. The van der Waals surface area contributed by atoms with E-state index < -0.39 is 199 Å². The first-order chi connectivity index (χ1) is 64.5. The minimum Gasteiger partial charge on any atom is -0.479 e. The van der Waals surface area contributed by atoms with Crippen LogP contribution >= 0.6 is 21.6 Å². The molecule has 3 fully saturated rings. The molecular weight excluding hydrogens is 1810 g/mol. The molecule has 49 nitrogen and oxygen atoms in total. The molecule has 0 radical (unpaired) electrons. The fourth-order valence-electron chi connectivity index (χ4n) is 13.5. The average Bonchev–Trinajstić information content (AvgIpc) is 1.71. The lowest BCUT2D eigenvalue weighted by atomic mass is 10.0. The van der Waals surface area contributed by atoms with Crippen molar-refractivity contribution in [2.75, 3.05) is 118 Å². The van der Waals surface area contributed by atoms with Crippen LogP contribution in [0.25, 0.3) is 0 Å². The Morgan fingerprint density at radius 3 is 1.21 bits per heavy atom. The molecule has 9 atom stereocenters. The third-order valence-corrected chi connectivity index (χ3v) is 22.2. The lowest BCUT2D eigenvalue weighted by Crippen LogP contribution is -2.59. The van der Waals surface area contributed by atoms with Crippen LogP contribution in [0.5, 0.6) is 0 Å². The van der Waals surface area contributed by atoms with Crippen LogP contribution in [0.3, 0.4) is 0 Å². The number of amides is 16. The summed E-state index contributed by atoms with van der Waals surface area (Å²) in [7, 11) is 1.86. The third-order valence-electron chi connectivity index (χ3n) is 19.9. The fourth-order valence-corrected chi connectivity index (χ4v) is 15.7. The summed E-state index contributed by atoms with van der Waals surface area (Å²) in [4.78, 5) is 264. The van der Waals surface area contributed by atoms with Gasteiger partial charge in [-0.2, -0.15) is 0 Å². The Bertz CT molecular complexity index is 4180. The molecule has 0 aromatic carbocycles. The average molecular weight is 1950 g/mol. The standard InChI is InChI=1S/C84H136N22O27S2/c1-13-125-54(6)100-129-48-69(109)85-38-22-17-30-58-75(115)93-53(5)73(113)97-61(33-20-24-40-87-71(111)50-131-102-56(8)127-15-3)81(120)104-44-28-36-64(104)78(118)92-47-68(108)95-59(31-18-23-39-86-70(110)49-130-101-55(7)126-14-2)76(116)96-60(32-19-26-42-89-74(114)63(99-83(122)133-84(10,11)12)52-134-135-80-66(106(123)124)35-27-43-90-80)77(117)98-62(34-21-25-41-88-72(112)51-132-103-57(9)128-16-4)82(121)105-45-29-37-65(105)79(119)91-46-67(107)94-58/h27,35,43,53,58-65H,13-26,28-34,36-42,44-52H2,1-12H3,(H,85,109)(H,86,110)(H,87,111)(H,88,112)(H,89,114)(H,91,119)(H,92,118)(H,93,115)(H,94,107)(H,95,108)(H,96,116)(H,97,113)(H,98,117)(H,99,122)/b100-54+,101-55+,102-56-,103-57-/t53-,58-,59-,60-,61-,62-,63-,64-,65-/m0/s1. The van der Waals surface area contributed by atoms with E-state index in [-0.39, 0.29) is 208 Å². The molecule has 0 bridgehead atoms. The van der Waals surface area contributed by atoms with Gasteiger partial charge >= 0.3 is 11.8 Å². The second kappa shape index (κ2) is 64.5. The Morgan fingerprint density at radius 2 is 0.844 bits per heavy atom. The summed E-state index contributed by atoms with van der Waals surface area (Å²) in [5.41, 5.74) is -1.30. The zero-order chi connectivity index (χ0) is 99.6. The summed E-state index contributed by atoms with van der Waals surface area (Å²) in [6.45, 7) is 17.0. The second-order valence-corrected chi connectivity index (χ2v) is 34.4. The van der Waals surface area contributed by atoms with Crippen molar-refractivity contribution in [1.29, 1.82) is 0 Å². The number of alkyl carbamates (subject to hydrolysis) is 1. The number of fused-ring (bicyclic) bond motifs is 2. The highest BCUT2D eigenvalue weighted by Gasteiger charge is 2.42. The van der Waals surface area contributed by atoms with E-state index in [9.17, 15) is 67.6 Å². The van der Waals surface area contributed by atoms with Crippen LogP contribution in [0.15, 0.2) is 44.0 Å². The number of nitro groups is 1. The molecule has 51 heteroatoms. The predicted molar refractivity (Wildman–Crippen MR) is 492 cm³/mol. The van der Waals surface area contributed by atoms with E-state index in [0.717, 1.165) is 21.6 Å². The van der Waals surface area contributed by atoms with Gasteiger partial charge in [0.25, 0.3) is 23.6 Å². The number of carbonyl (C=O) groups excluding carboxylic acids is 16. The fraction of sp³-hybridized carbons (Fsp3) is 0.702. The van der Waals surface area contributed by atoms with Crippen LogP contribution in [-0.4, -0.2) is 315 Å². The lowest BCUT2D eigenvalue weighted by molar-refractivity contribution is -0.388. The Labute approximate surface area is 792 Å². The number of hydrogen-bond donors (Lipinski definition) is 14. The maximum absolute atomic E-state index is 15.4. The van der Waals surface area contributed by atoms with E-state index in [4.69, 9.17) is 43.0 Å². The van der Waals surface area contributed by atoms with Crippen LogP contribution in [-0.2, 0) is 115 Å². The summed E-state index contributed by atoms with van der Waals surface area (Å²) in [5, 5.41) is 64.1. The Morgan fingerprint density at radius 1 is 0.496 bits per heavy atom. The molecule has 16 amide bonds. The van der Waals surface area contributed by atoms with Gasteiger partial charge in [0, 0.05) is 91.5 Å². The number of hydrogen-bond acceptors (Lipinski definition) is 34. The summed E-state index contributed by atoms with van der Waals surface area (Å²) >= 11 is 0. The molecule has 3 aliphatic heterocycles. The number of aromatic nitrogens is 1. The molecule has 756 valence electrons. The van der Waals surface area contributed by atoms with Crippen molar-refractivity contribution in [3.63, 3.8) is 0 Å². The predicted octanol–water partition coefficient (Wildman–Crippen LogP) is 0.759. The van der Waals surface area contributed by atoms with Gasteiger partial charge in [-0.15, -0.1) is 0 Å². The van der Waals surface area contributed by atoms with Crippen molar-refractivity contribution >= 4 is 146 Å². The Balaban J connectivity index is 1.83. The molecule has 0 aliphatic carbocycles. The quantitative estimate of drug-likeness (QED) is 0.0107. The number of rotatable bonds is 48. The normalized spacial score (nSPS) is 19.9. The first kappa shape index (κ1) is 115. The van der Waals surface area contributed by atoms with Gasteiger partial charge in [0.05, 0.1) is 44.4 Å². The van der Waals surface area contributed by atoms with Crippen molar-refractivity contribution in [1.82, 2.24) is 89.2 Å². The first-order valence-electron chi connectivity index (χ1n) is 45.3. The SMILES string of the molecule is CCO/C(C)=N\OCC(=O)NCCCC[C@@H]1NC(=O)[C@H](C)NC(=O)[C@H](CCCCNC(=O)CO/N=C(\C)OCC)NC(=O)CNC(=O)[C@@H]2CCCN2C(=O)[C@H](CCCCNC(=O)CO/N=C(/C)OCC)NC(=O)[C@H](CCCCNC(=O)[C@H](CSSc2ncccc2[N+](=O)[O-])NC(=O)OC(C)(C)C)NC(=O)[C@H](CCCCNC(=O)CO/N=C(\C)OCC)NC(=O)CNC(=O)[C@@H]2CCCN2C1=O. The van der Waals surface area contributed by atoms with E-state index in [1.165, 1.54) is 48.9 Å². The largest absolute Gasteiger partial charge is 0.479 e. The highest BCUT2D eigenvalue weighted by Crippen LogP contribution is 2.36. The molecule has 4 heterocycles. The Hall–Kier alpha value is -12.3. The van der Waals surface area contributed by atoms with E-state index in [2.05, 4.69) is 100 Å². The maximum Gasteiger partial charge on any atom is 0.408 e. The third kappa shape index (κ3) is 47.4. The van der Waals surface area contributed by atoms with Gasteiger partial charge in [0.2, 0.25) is 88.6 Å². The molecule has 0 spiro atoms. The molecule has 3 aliphatic rings. The number of ether oxygens (including phenoxy) is 5. The highest BCUT2D eigenvalue weighted by molar-refractivity contribution is 8.76. The van der Waals surface area contributed by atoms with Crippen LogP contribution in [0.4, 0.5) is 10.5 Å². The van der Waals surface area contributed by atoms with Crippen molar-refractivity contribution in [2.45, 2.75) is 270 Å². The summed E-state index contributed by atoms with van der Waals surface area (Å²) < 4.78 is 26.4. The van der Waals surface area contributed by atoms with E-state index in [1.807, 2.05) is 0 Å². The van der Waals surface area contributed by atoms with Crippen molar-refractivity contribution in [3.8, 4) is 0 Å². The summed E-state index contributed by atoms with van der Waals surface area (Å²) in [6.07, 6.45) is 1.64. The van der Waals surface area contributed by atoms with E-state index in [1.54, 1.807) is 62.3 Å². The molecule has 1 aromatic heterocycles. The van der Waals surface area contributed by atoms with Gasteiger partial charge in [0.15, 0.2) is 31.5 Å². The number of nitrogens with one attached hydrogen (secondary N) is 14. The zero-order valence-corrected chi connectivity index (χ0v) is 80.6. The number of oxime groups is 4. The molecule has 4 rings (SSSR count). The maximum atomic E-state index is 15.4. The number of unbranched alkanes of at least 4 members (excludes halogenated alkanes) is 5. The minimum absolute atomic E-state index is 0.00367. The van der Waals surface area contributed by atoms with Gasteiger partial charge in [-0.05, 0) is 194 Å². The number of nitrogens with zero attached hydrogens (tertiary/aromatic N) is 8.